The number of fused-ring (bicyclic) bond motifs is 6. The van der Waals surface area contributed by atoms with Crippen molar-refractivity contribution in [2.45, 2.75) is 12.8 Å². The smallest absolute Gasteiger partial charge is 0.140 e. The average Bonchev–Trinajstić information content (AvgIpc) is 3.24. The highest BCUT2D eigenvalue weighted by Crippen LogP contribution is 2.43. The van der Waals surface area contributed by atoms with Gasteiger partial charge >= 0.3 is 0 Å². The first kappa shape index (κ1) is 19.3. The van der Waals surface area contributed by atoms with Crippen LogP contribution in [0.3, 0.4) is 0 Å². The summed E-state index contributed by atoms with van der Waals surface area (Å²) in [5, 5.41) is 2.65. The Balaban J connectivity index is 1.45. The normalized spacial score (nSPS) is 12.6. The first-order chi connectivity index (χ1) is 16.8. The van der Waals surface area contributed by atoms with Gasteiger partial charge in [0.15, 0.2) is 0 Å². The first-order valence-electron chi connectivity index (χ1n) is 11.9. The van der Waals surface area contributed by atoms with Crippen molar-refractivity contribution < 1.29 is 0 Å². The van der Waals surface area contributed by atoms with Gasteiger partial charge < -0.3 is 4.57 Å². The lowest BCUT2D eigenvalue weighted by molar-refractivity contribution is 0.945. The van der Waals surface area contributed by atoms with Gasteiger partial charge in [-0.2, -0.15) is 0 Å². The molecule has 0 radical (unpaired) electrons. The molecule has 1 aromatic heterocycles. The lowest BCUT2D eigenvalue weighted by Gasteiger charge is -2.23. The van der Waals surface area contributed by atoms with Crippen molar-refractivity contribution >= 4 is 21.8 Å². The fraction of sp³-hybridized carbons (Fsp3) is 0.0938. The molecule has 1 aliphatic carbocycles. The van der Waals surface area contributed by atoms with Crippen LogP contribution in [0.1, 0.15) is 11.1 Å². The lowest BCUT2D eigenvalue weighted by Crippen LogP contribution is -2.05. The van der Waals surface area contributed by atoms with E-state index in [1.165, 1.54) is 44.2 Å². The molecule has 2 heteroatoms. The maximum Gasteiger partial charge on any atom is 0.140 e. The van der Waals surface area contributed by atoms with Crippen molar-refractivity contribution in [3.05, 3.63) is 114 Å². The highest BCUT2D eigenvalue weighted by atomic mass is 15.1. The molecule has 0 amide bonds. The molecular weight excluding hydrogens is 412 g/mol. The maximum absolute atomic E-state index is 4.94. The van der Waals surface area contributed by atoms with Gasteiger partial charge in [-0.1, -0.05) is 78.9 Å². The van der Waals surface area contributed by atoms with Gasteiger partial charge in [0.2, 0.25) is 0 Å². The summed E-state index contributed by atoms with van der Waals surface area (Å²) in [6, 6.07) is 37.4. The highest BCUT2D eigenvalue weighted by molar-refractivity contribution is 6.07. The second-order valence-electron chi connectivity index (χ2n) is 9.22. The minimum atomic E-state index is 0.999. The van der Waals surface area contributed by atoms with Crippen molar-refractivity contribution in [2.24, 2.45) is 7.05 Å². The fourth-order valence-electron chi connectivity index (χ4n) is 5.67. The Labute approximate surface area is 199 Å². The van der Waals surface area contributed by atoms with Gasteiger partial charge in [-0.15, -0.1) is 0 Å². The number of rotatable bonds is 2. The van der Waals surface area contributed by atoms with Gasteiger partial charge in [-0.3, -0.25) is 0 Å². The maximum atomic E-state index is 4.94. The van der Waals surface area contributed by atoms with Gasteiger partial charge in [0.05, 0.1) is 11.0 Å². The largest absolute Gasteiger partial charge is 0.327 e. The summed E-state index contributed by atoms with van der Waals surface area (Å²) in [4.78, 5) is 4.94. The predicted octanol–water partition coefficient (Wildman–Crippen LogP) is 7.83. The predicted molar refractivity (Wildman–Crippen MR) is 142 cm³/mol. The minimum Gasteiger partial charge on any atom is -0.327 e. The van der Waals surface area contributed by atoms with Crippen LogP contribution >= 0.6 is 0 Å². The number of nitrogens with zero attached hydrogens (tertiary/aromatic N) is 2. The van der Waals surface area contributed by atoms with E-state index in [0.29, 0.717) is 0 Å². The molecule has 6 aromatic rings. The van der Waals surface area contributed by atoms with Crippen molar-refractivity contribution in [3.8, 4) is 33.6 Å². The van der Waals surface area contributed by atoms with Gasteiger partial charge in [0, 0.05) is 12.6 Å². The van der Waals surface area contributed by atoms with Crippen LogP contribution in [0.4, 0.5) is 0 Å². The molecule has 1 aliphatic rings. The summed E-state index contributed by atoms with van der Waals surface area (Å²) >= 11 is 0. The van der Waals surface area contributed by atoms with Gasteiger partial charge in [-0.05, 0) is 81.3 Å². The minimum absolute atomic E-state index is 0.999. The number of hydrogen-bond donors (Lipinski definition) is 0. The third-order valence-corrected chi connectivity index (χ3v) is 7.30. The molecule has 34 heavy (non-hydrogen) atoms. The summed E-state index contributed by atoms with van der Waals surface area (Å²) in [5.74, 6) is 0.999. The molecule has 0 aliphatic heterocycles. The van der Waals surface area contributed by atoms with Crippen molar-refractivity contribution in [1.29, 1.82) is 0 Å². The van der Waals surface area contributed by atoms with Crippen LogP contribution in [-0.4, -0.2) is 9.55 Å². The Bertz CT molecular complexity index is 1720. The van der Waals surface area contributed by atoms with E-state index in [0.717, 1.165) is 35.3 Å². The molecule has 162 valence electrons. The zero-order chi connectivity index (χ0) is 22.6. The van der Waals surface area contributed by atoms with Crippen molar-refractivity contribution in [2.75, 3.05) is 0 Å². The Morgan fingerprint density at radius 3 is 2.26 bits per heavy atom. The Morgan fingerprint density at radius 1 is 0.618 bits per heavy atom. The van der Waals surface area contributed by atoms with E-state index in [1.54, 1.807) is 0 Å². The van der Waals surface area contributed by atoms with Crippen molar-refractivity contribution in [1.82, 2.24) is 9.55 Å². The van der Waals surface area contributed by atoms with Crippen LogP contribution in [0.15, 0.2) is 103 Å². The van der Waals surface area contributed by atoms with E-state index in [-0.39, 0.29) is 0 Å². The molecule has 0 saturated heterocycles. The van der Waals surface area contributed by atoms with Gasteiger partial charge in [0.25, 0.3) is 0 Å². The van der Waals surface area contributed by atoms with Crippen LogP contribution < -0.4 is 0 Å². The Kier molecular flexibility index (Phi) is 4.22. The molecule has 1 heterocycles. The average molecular weight is 437 g/mol. The quantitative estimate of drug-likeness (QED) is 0.270. The highest BCUT2D eigenvalue weighted by Gasteiger charge is 2.21. The molecule has 0 unspecified atom stereocenters. The molecule has 0 N–H and O–H groups in total. The first-order valence-corrected chi connectivity index (χ1v) is 11.9. The zero-order valence-corrected chi connectivity index (χ0v) is 19.1. The third kappa shape index (κ3) is 2.85. The Morgan fingerprint density at radius 2 is 1.35 bits per heavy atom. The standard InChI is InChI=1S/C32H24N2/c1-34-30-16-7-6-15-29(30)33-32(34)24-11-8-10-22(19-24)28-20-23-18-17-21-9-2-3-12-25(21)31(23)27-14-5-4-13-26(27)28/h2-16,19-20H,17-18H2,1H3. The topological polar surface area (TPSA) is 17.8 Å². The number of para-hydroxylation sites is 2. The van der Waals surface area contributed by atoms with E-state index < -0.39 is 0 Å². The van der Waals surface area contributed by atoms with Crippen LogP contribution in [0, 0.1) is 0 Å². The third-order valence-electron chi connectivity index (χ3n) is 7.30. The zero-order valence-electron chi connectivity index (χ0n) is 19.1. The SMILES string of the molecule is Cn1c(-c2cccc(-c3cc4c(c5ccccc35)-c3ccccc3CC4)c2)nc2ccccc21. The van der Waals surface area contributed by atoms with E-state index in [4.69, 9.17) is 4.98 Å². The van der Waals surface area contributed by atoms with E-state index in [2.05, 4.69) is 109 Å². The van der Waals surface area contributed by atoms with Crippen LogP contribution in [0.2, 0.25) is 0 Å². The summed E-state index contributed by atoms with van der Waals surface area (Å²) in [6.07, 6.45) is 2.18. The van der Waals surface area contributed by atoms with Crippen LogP contribution in [0.5, 0.6) is 0 Å². The summed E-state index contributed by atoms with van der Waals surface area (Å²) in [6.45, 7) is 0. The second kappa shape index (κ2) is 7.43. The van der Waals surface area contributed by atoms with Crippen LogP contribution in [-0.2, 0) is 19.9 Å². The molecule has 0 saturated carbocycles. The molecular formula is C32H24N2. The lowest BCUT2D eigenvalue weighted by atomic mass is 9.80. The van der Waals surface area contributed by atoms with Crippen LogP contribution in [0.25, 0.3) is 55.4 Å². The summed E-state index contributed by atoms with van der Waals surface area (Å²) < 4.78 is 2.19. The van der Waals surface area contributed by atoms with E-state index >= 15 is 0 Å². The number of aromatic nitrogens is 2. The number of imidazole rings is 1. The van der Waals surface area contributed by atoms with E-state index in [1.807, 2.05) is 6.07 Å². The van der Waals surface area contributed by atoms with Gasteiger partial charge in [0.1, 0.15) is 5.82 Å². The number of benzene rings is 5. The van der Waals surface area contributed by atoms with Gasteiger partial charge in [-0.25, -0.2) is 4.98 Å². The number of hydrogen-bond acceptors (Lipinski definition) is 1. The molecule has 2 nitrogen and oxygen atoms in total. The fourth-order valence-corrected chi connectivity index (χ4v) is 5.67. The Hall–Kier alpha value is -4.17. The summed E-state index contributed by atoms with van der Waals surface area (Å²) in [5.41, 5.74) is 11.6. The molecule has 0 fully saturated rings. The molecule has 0 bridgehead atoms. The molecule has 7 rings (SSSR count). The van der Waals surface area contributed by atoms with E-state index in [9.17, 15) is 0 Å². The van der Waals surface area contributed by atoms with Crippen molar-refractivity contribution in [3.63, 3.8) is 0 Å². The summed E-state index contributed by atoms with van der Waals surface area (Å²) in [7, 11) is 2.10. The second-order valence-corrected chi connectivity index (χ2v) is 9.22. The molecule has 5 aromatic carbocycles. The molecule has 0 spiro atoms. The molecule has 0 atom stereocenters. The number of aryl methyl sites for hydroxylation is 3. The monoisotopic (exact) mass is 436 g/mol.